The third kappa shape index (κ3) is 6.62. The van der Waals surface area contributed by atoms with Crippen molar-refractivity contribution < 1.29 is 11.0 Å². The summed E-state index contributed by atoms with van der Waals surface area (Å²) < 4.78 is 4.94. The number of H-pyrrole nitrogens is 1. The maximum Gasteiger partial charge on any atom is 0.239 e. The van der Waals surface area contributed by atoms with Crippen LogP contribution in [-0.2, 0) is 22.4 Å². The Morgan fingerprint density at radius 2 is 1.97 bits per heavy atom. The van der Waals surface area contributed by atoms with E-state index in [1.54, 1.807) is 6.20 Å². The van der Waals surface area contributed by atoms with E-state index in [0.29, 0.717) is 11.5 Å². The van der Waals surface area contributed by atoms with Gasteiger partial charge in [0.05, 0.1) is 12.2 Å². The quantitative estimate of drug-likeness (QED) is 0.775. The van der Waals surface area contributed by atoms with Crippen LogP contribution in [0.15, 0.2) is 23.1 Å². The van der Waals surface area contributed by atoms with Gasteiger partial charge in [0.25, 0.3) is 0 Å². The predicted octanol–water partition coefficient (Wildman–Crippen LogP) is 2.71. The number of hydrogen-bond donors (Lipinski definition) is 2. The number of aromatic nitrogens is 3. The number of amides is 1. The minimum atomic E-state index is -0.278. The number of nitrogens with one attached hydrogen (secondary N) is 2. The van der Waals surface area contributed by atoms with Crippen molar-refractivity contribution in [2.45, 2.75) is 58.4 Å². The second-order valence-corrected chi connectivity index (χ2v) is 9.06. The first-order chi connectivity index (χ1) is 14.7. The van der Waals surface area contributed by atoms with Crippen LogP contribution in [0.25, 0.3) is 11.5 Å². The summed E-state index contributed by atoms with van der Waals surface area (Å²) in [6, 6.07) is 2.95. The lowest BCUT2D eigenvalue weighted by Crippen LogP contribution is -2.45. The van der Waals surface area contributed by atoms with Crippen molar-refractivity contribution in [3.05, 3.63) is 39.8 Å². The molecule has 2 aliphatic rings. The molecule has 2 aromatic heterocycles. The molecule has 0 atom stereocenters. The lowest BCUT2D eigenvalue weighted by Gasteiger charge is -2.25. The number of carbonyl (C=O) groups is 1. The molecule has 8 heteroatoms. The monoisotopic (exact) mass is 429 g/mol. The number of aryl methyl sites for hydroxylation is 1. The van der Waals surface area contributed by atoms with E-state index in [1.807, 2.05) is 32.7 Å². The highest BCUT2D eigenvalue weighted by atomic mass is 16.5. The molecule has 2 N–H and O–H groups in total. The average molecular weight is 430 g/mol. The number of pyridine rings is 1. The largest absolute Gasteiger partial charge is 0.381 e. The number of anilines is 1. The maximum absolute atomic E-state index is 12.3. The van der Waals surface area contributed by atoms with Crippen molar-refractivity contribution >= 4 is 11.7 Å². The fourth-order valence-electron chi connectivity index (χ4n) is 3.68. The van der Waals surface area contributed by atoms with Crippen molar-refractivity contribution in [3.63, 3.8) is 0 Å². The number of likely N-dealkylation sites (N-methyl/N-ethyl adjacent to an activating group) is 1. The van der Waals surface area contributed by atoms with E-state index in [-0.39, 0.29) is 24.8 Å². The third-order valence-corrected chi connectivity index (χ3v) is 5.01. The van der Waals surface area contributed by atoms with E-state index in [0.717, 1.165) is 49.6 Å². The van der Waals surface area contributed by atoms with Crippen LogP contribution in [0.5, 0.6) is 0 Å². The number of rotatable bonds is 4. The summed E-state index contributed by atoms with van der Waals surface area (Å²) in [6.45, 7) is 8.08. The molecule has 8 nitrogen and oxygen atoms in total. The minimum Gasteiger partial charge on any atom is -0.381 e. The Kier molecular flexibility index (Phi) is 7.43. The summed E-state index contributed by atoms with van der Waals surface area (Å²) in [7, 11) is 1.86. The van der Waals surface area contributed by atoms with Gasteiger partial charge in [-0.1, -0.05) is 0 Å². The Labute approximate surface area is 184 Å². The molecule has 0 radical (unpaired) electrons. The molecule has 0 saturated carbocycles. The van der Waals surface area contributed by atoms with Crippen LogP contribution in [0.4, 0.5) is 5.82 Å². The molecule has 170 valence electrons. The lowest BCUT2D eigenvalue weighted by atomic mass is 10.1. The van der Waals surface area contributed by atoms with E-state index in [1.165, 1.54) is 25.0 Å². The molecule has 0 unspecified atom stereocenters. The highest BCUT2D eigenvalue weighted by Gasteiger charge is 2.24. The van der Waals surface area contributed by atoms with Crippen LogP contribution in [0.1, 0.15) is 52.7 Å². The van der Waals surface area contributed by atoms with Crippen LogP contribution in [-0.4, -0.2) is 53.2 Å². The van der Waals surface area contributed by atoms with Crippen molar-refractivity contribution in [2.24, 2.45) is 0 Å². The Bertz CT molecular complexity index is 959. The minimum absolute atomic E-state index is 0. The molecule has 1 fully saturated rings. The van der Waals surface area contributed by atoms with Crippen molar-refractivity contribution in [1.29, 1.82) is 0 Å². The summed E-state index contributed by atoms with van der Waals surface area (Å²) in [4.78, 5) is 38.2. The molecule has 31 heavy (non-hydrogen) atoms. The number of ether oxygens (including phenoxy) is 1. The standard InChI is InChI=1S/C19H25N5O2.C4H8O.H2/c1-19(2,3)23-16(26)11-24(4)18-13-6-5-7-14(13)21-17(22-18)15-10-12(25)8-9-20-15;1-2-4-5-3-1;/h8-10H,5-7,11H2,1-4H3,(H,20,25)(H,23,26);1-4H2;1H. The SMILES string of the molecule is C1CCOC1.CN(CC(=O)NC(C)(C)C)c1nc(-c2cc(=O)cc[nH]2)nc2c1CCC2.[HH]. The topological polar surface area (TPSA) is 100 Å². The summed E-state index contributed by atoms with van der Waals surface area (Å²) in [5.74, 6) is 1.19. The normalized spacial score (nSPS) is 15.1. The van der Waals surface area contributed by atoms with Gasteiger partial charge in [-0.2, -0.15) is 0 Å². The second-order valence-electron chi connectivity index (χ2n) is 9.06. The molecule has 1 saturated heterocycles. The first-order valence-electron chi connectivity index (χ1n) is 10.9. The molecular weight excluding hydrogens is 394 g/mol. The zero-order valence-corrected chi connectivity index (χ0v) is 19.0. The number of hydrogen-bond acceptors (Lipinski definition) is 6. The molecule has 2 aromatic rings. The average Bonchev–Trinajstić information content (AvgIpc) is 3.40. The van der Waals surface area contributed by atoms with Crippen molar-refractivity contribution in [1.82, 2.24) is 20.3 Å². The summed E-state index contributed by atoms with van der Waals surface area (Å²) in [5.41, 5.74) is 2.31. The highest BCUT2D eigenvalue weighted by Crippen LogP contribution is 2.30. The van der Waals surface area contributed by atoms with Crippen LogP contribution in [0.2, 0.25) is 0 Å². The lowest BCUT2D eigenvalue weighted by molar-refractivity contribution is -0.121. The molecular formula is C23H35N5O3. The van der Waals surface area contributed by atoms with E-state index < -0.39 is 0 Å². The van der Waals surface area contributed by atoms with E-state index in [2.05, 4.69) is 20.3 Å². The molecule has 3 heterocycles. The van der Waals surface area contributed by atoms with Gasteiger partial charge in [0.15, 0.2) is 11.3 Å². The Hall–Kier alpha value is -2.74. The van der Waals surface area contributed by atoms with Crippen LogP contribution in [0, 0.1) is 0 Å². The molecule has 1 aliphatic carbocycles. The van der Waals surface area contributed by atoms with Crippen LogP contribution >= 0.6 is 0 Å². The van der Waals surface area contributed by atoms with Gasteiger partial charge in [-0.25, -0.2) is 9.97 Å². The van der Waals surface area contributed by atoms with Gasteiger partial charge in [-0.15, -0.1) is 0 Å². The number of nitrogens with zero attached hydrogens (tertiary/aromatic N) is 3. The Balaban J connectivity index is 0.000000534. The number of fused-ring (bicyclic) bond motifs is 1. The van der Waals surface area contributed by atoms with E-state index in [9.17, 15) is 9.59 Å². The molecule has 4 rings (SSSR count). The summed E-state index contributed by atoms with van der Waals surface area (Å²) >= 11 is 0. The van der Waals surface area contributed by atoms with E-state index in [4.69, 9.17) is 4.74 Å². The Morgan fingerprint density at radius 3 is 2.58 bits per heavy atom. The number of aromatic amines is 1. The van der Waals surface area contributed by atoms with Crippen LogP contribution in [0.3, 0.4) is 0 Å². The fraction of sp³-hybridized carbons (Fsp3) is 0.565. The zero-order valence-electron chi connectivity index (χ0n) is 19.0. The first kappa shape index (κ1) is 22.9. The van der Waals surface area contributed by atoms with Gasteiger partial charge in [0, 0.05) is 56.8 Å². The third-order valence-electron chi connectivity index (χ3n) is 5.01. The fourth-order valence-corrected chi connectivity index (χ4v) is 3.68. The van der Waals surface area contributed by atoms with Crippen molar-refractivity contribution in [2.75, 3.05) is 31.7 Å². The zero-order chi connectivity index (χ0) is 22.4. The van der Waals surface area contributed by atoms with Gasteiger partial charge in [0.1, 0.15) is 5.82 Å². The molecule has 0 spiro atoms. The van der Waals surface area contributed by atoms with Crippen LogP contribution < -0.4 is 15.6 Å². The van der Waals surface area contributed by atoms with Gasteiger partial charge < -0.3 is 19.9 Å². The van der Waals surface area contributed by atoms with Gasteiger partial charge >= 0.3 is 0 Å². The van der Waals surface area contributed by atoms with Gasteiger partial charge in [-0.3, -0.25) is 9.59 Å². The van der Waals surface area contributed by atoms with Gasteiger partial charge in [0.2, 0.25) is 5.91 Å². The molecule has 0 aromatic carbocycles. The molecule has 0 bridgehead atoms. The smallest absolute Gasteiger partial charge is 0.239 e. The second kappa shape index (κ2) is 10.0. The summed E-state index contributed by atoms with van der Waals surface area (Å²) in [5, 5.41) is 2.97. The maximum atomic E-state index is 12.3. The summed E-state index contributed by atoms with van der Waals surface area (Å²) in [6.07, 6.45) is 6.96. The number of carbonyl (C=O) groups excluding carboxylic acids is 1. The highest BCUT2D eigenvalue weighted by molar-refractivity contribution is 5.82. The Morgan fingerprint density at radius 1 is 1.23 bits per heavy atom. The van der Waals surface area contributed by atoms with E-state index >= 15 is 0 Å². The molecule has 1 amide bonds. The predicted molar refractivity (Wildman–Crippen MR) is 123 cm³/mol. The van der Waals surface area contributed by atoms with Gasteiger partial charge in [-0.05, 0) is 52.9 Å². The first-order valence-corrected chi connectivity index (χ1v) is 10.9. The van der Waals surface area contributed by atoms with Crippen molar-refractivity contribution in [3.8, 4) is 11.5 Å². The molecule has 1 aliphatic heterocycles.